The quantitative estimate of drug-likeness (QED) is 0.581. The molecule has 4 atom stereocenters. The Kier molecular flexibility index (Phi) is 4.68. The van der Waals surface area contributed by atoms with E-state index >= 15 is 0 Å². The van der Waals surface area contributed by atoms with Crippen molar-refractivity contribution in [2.24, 2.45) is 5.92 Å². The lowest BCUT2D eigenvalue weighted by atomic mass is 9.52. The number of phenols is 1. The van der Waals surface area contributed by atoms with Crippen molar-refractivity contribution in [2.45, 2.75) is 55.9 Å². The largest absolute Gasteiger partial charge is 0.508 e. The van der Waals surface area contributed by atoms with Crippen molar-refractivity contribution >= 4 is 0 Å². The fraction of sp³-hybridized carbons (Fsp3) is 0.429. The highest BCUT2D eigenvalue weighted by Crippen LogP contribution is 2.56. The molecule has 0 radical (unpaired) electrons. The molecule has 3 aromatic rings. The van der Waals surface area contributed by atoms with Crippen LogP contribution in [0, 0.1) is 5.92 Å². The predicted octanol–water partition coefficient (Wildman–Crippen LogP) is 5.88. The van der Waals surface area contributed by atoms with E-state index in [0.717, 1.165) is 36.8 Å². The highest BCUT2D eigenvalue weighted by Gasteiger charge is 2.53. The van der Waals surface area contributed by atoms with Crippen LogP contribution >= 0.6 is 0 Å². The summed E-state index contributed by atoms with van der Waals surface area (Å²) in [6.45, 7) is 2.09. The number of phenolic OH excluding ortho intramolecular Hbond substituents is 1. The van der Waals surface area contributed by atoms with E-state index in [0.29, 0.717) is 17.2 Å². The van der Waals surface area contributed by atoms with Gasteiger partial charge in [-0.15, -0.1) is 0 Å². The van der Waals surface area contributed by atoms with Gasteiger partial charge in [-0.1, -0.05) is 49.2 Å². The fourth-order valence-electron chi connectivity index (χ4n) is 7.10. The number of furan rings is 1. The van der Waals surface area contributed by atoms with Crippen LogP contribution in [0.15, 0.2) is 71.3 Å². The third kappa shape index (κ3) is 3.13. The van der Waals surface area contributed by atoms with Gasteiger partial charge in [0.2, 0.25) is 0 Å². The molecule has 1 unspecified atom stereocenters. The Morgan fingerprint density at radius 3 is 2.84 bits per heavy atom. The lowest BCUT2D eigenvalue weighted by molar-refractivity contribution is -0.0132. The van der Waals surface area contributed by atoms with Gasteiger partial charge in [0.15, 0.2) is 0 Å². The monoisotopic (exact) mass is 413 g/mol. The number of nitrogens with zero attached hydrogens (tertiary/aromatic N) is 1. The topological polar surface area (TPSA) is 36.6 Å². The molecule has 3 aliphatic rings. The van der Waals surface area contributed by atoms with E-state index in [2.05, 4.69) is 41.3 Å². The Labute approximate surface area is 184 Å². The van der Waals surface area contributed by atoms with E-state index < -0.39 is 0 Å². The zero-order valence-electron chi connectivity index (χ0n) is 18.0. The van der Waals surface area contributed by atoms with Crippen LogP contribution in [0.3, 0.4) is 0 Å². The van der Waals surface area contributed by atoms with Crippen molar-refractivity contribution in [1.29, 1.82) is 0 Å². The molecule has 1 N–H and O–H groups in total. The van der Waals surface area contributed by atoms with Crippen molar-refractivity contribution in [3.8, 4) is 5.75 Å². The van der Waals surface area contributed by atoms with Crippen molar-refractivity contribution in [3.63, 3.8) is 0 Å². The first kappa shape index (κ1) is 19.2. The van der Waals surface area contributed by atoms with Gasteiger partial charge in [0.1, 0.15) is 11.5 Å². The van der Waals surface area contributed by atoms with Gasteiger partial charge in [-0.3, -0.25) is 4.90 Å². The molecule has 3 heteroatoms. The van der Waals surface area contributed by atoms with Crippen molar-refractivity contribution in [2.75, 3.05) is 13.1 Å². The molecular formula is C28H31NO2. The first-order valence-corrected chi connectivity index (χ1v) is 11.9. The molecule has 160 valence electrons. The predicted molar refractivity (Wildman–Crippen MR) is 122 cm³/mol. The Balaban J connectivity index is 1.37. The number of hydrogen-bond acceptors (Lipinski definition) is 3. The maximum absolute atomic E-state index is 10.1. The maximum Gasteiger partial charge on any atom is 0.115 e. The Bertz CT molecular complexity index is 1060. The lowest BCUT2D eigenvalue weighted by Crippen LogP contribution is -2.61. The first-order chi connectivity index (χ1) is 15.2. The maximum atomic E-state index is 10.1. The lowest BCUT2D eigenvalue weighted by Gasteiger charge is -2.59. The first-order valence-electron chi connectivity index (χ1n) is 11.9. The number of rotatable bonds is 4. The number of likely N-dealkylation sites (tertiary alicyclic amines) is 1. The second-order valence-electron chi connectivity index (χ2n) is 9.84. The SMILES string of the molecule is Oc1cccc(C(CN2CC[C@]34CCCC[C@H]3[C@H]2Cc2ccccc24)c2ccco2)c1. The minimum absolute atomic E-state index is 0.135. The molecule has 2 fully saturated rings. The Hall–Kier alpha value is -2.52. The fourth-order valence-corrected chi connectivity index (χ4v) is 7.10. The van der Waals surface area contributed by atoms with Crippen LogP contribution in [0.5, 0.6) is 5.75 Å². The zero-order chi connectivity index (χ0) is 20.8. The number of hydrogen-bond donors (Lipinski definition) is 1. The molecule has 1 saturated heterocycles. The van der Waals surface area contributed by atoms with Crippen molar-refractivity contribution < 1.29 is 9.52 Å². The number of benzene rings is 2. The van der Waals surface area contributed by atoms with Gasteiger partial charge in [-0.2, -0.15) is 0 Å². The number of piperidine rings is 1. The third-order valence-corrected chi connectivity index (χ3v) is 8.44. The summed E-state index contributed by atoms with van der Waals surface area (Å²) in [5, 5.41) is 10.1. The highest BCUT2D eigenvalue weighted by atomic mass is 16.3. The van der Waals surface area contributed by atoms with Gasteiger partial charge in [0.25, 0.3) is 0 Å². The molecule has 31 heavy (non-hydrogen) atoms. The van der Waals surface area contributed by atoms with E-state index in [9.17, 15) is 5.11 Å². The summed E-state index contributed by atoms with van der Waals surface area (Å²) >= 11 is 0. The molecule has 0 spiro atoms. The summed E-state index contributed by atoms with van der Waals surface area (Å²) in [4.78, 5) is 2.75. The molecule has 2 aromatic carbocycles. The molecule has 3 nitrogen and oxygen atoms in total. The van der Waals surface area contributed by atoms with Crippen LogP contribution in [-0.2, 0) is 11.8 Å². The van der Waals surface area contributed by atoms with Gasteiger partial charge >= 0.3 is 0 Å². The van der Waals surface area contributed by atoms with E-state index in [1.165, 1.54) is 32.1 Å². The van der Waals surface area contributed by atoms with Gasteiger partial charge in [-0.25, -0.2) is 0 Å². The van der Waals surface area contributed by atoms with Crippen molar-refractivity contribution in [1.82, 2.24) is 4.90 Å². The second-order valence-corrected chi connectivity index (χ2v) is 9.84. The summed E-state index contributed by atoms with van der Waals surface area (Å²) in [5.41, 5.74) is 4.75. The van der Waals surface area contributed by atoms with Crippen LogP contribution in [0.1, 0.15) is 60.5 Å². The number of fused-ring (bicyclic) bond motifs is 1. The van der Waals surface area contributed by atoms with Crippen LogP contribution < -0.4 is 0 Å². The third-order valence-electron chi connectivity index (χ3n) is 8.44. The van der Waals surface area contributed by atoms with Crippen LogP contribution in [-0.4, -0.2) is 29.1 Å². The Morgan fingerprint density at radius 2 is 1.97 bits per heavy atom. The highest BCUT2D eigenvalue weighted by molar-refractivity contribution is 5.41. The Morgan fingerprint density at radius 1 is 1.03 bits per heavy atom. The minimum atomic E-state index is 0.135. The van der Waals surface area contributed by atoms with E-state index in [1.807, 2.05) is 18.2 Å². The molecule has 2 aliphatic carbocycles. The van der Waals surface area contributed by atoms with Gasteiger partial charge in [-0.05, 0) is 79.1 Å². The average molecular weight is 414 g/mol. The molecule has 6 rings (SSSR count). The van der Waals surface area contributed by atoms with E-state index in [4.69, 9.17) is 4.42 Å². The van der Waals surface area contributed by atoms with Gasteiger partial charge in [0.05, 0.1) is 12.2 Å². The summed E-state index contributed by atoms with van der Waals surface area (Å²) in [6.07, 6.45) is 9.64. The van der Waals surface area contributed by atoms with E-state index in [1.54, 1.807) is 23.5 Å². The minimum Gasteiger partial charge on any atom is -0.508 e. The van der Waals surface area contributed by atoms with Crippen molar-refractivity contribution in [3.05, 3.63) is 89.4 Å². The average Bonchev–Trinajstić information content (AvgIpc) is 3.33. The molecular weight excluding hydrogens is 382 g/mol. The molecule has 1 aromatic heterocycles. The summed E-state index contributed by atoms with van der Waals surface area (Å²) in [6, 6.07) is 21.6. The summed E-state index contributed by atoms with van der Waals surface area (Å²) in [5.74, 6) is 2.20. The van der Waals surface area contributed by atoms with Gasteiger partial charge < -0.3 is 9.52 Å². The molecule has 0 amide bonds. The standard InChI is InChI=1S/C28H31NO2/c30-22-9-5-8-20(17-22)23(27-12-6-16-31-27)19-29-15-14-28-13-4-3-11-25(28)26(29)18-21-7-1-2-10-24(21)28/h1-2,5-10,12,16-17,23,25-26,30H,3-4,11,13-15,18-19H2/t23?,25-,26+,28-/m0/s1. The molecule has 2 bridgehead atoms. The number of aromatic hydroxyl groups is 1. The zero-order valence-corrected chi connectivity index (χ0v) is 18.0. The molecule has 1 saturated carbocycles. The summed E-state index contributed by atoms with van der Waals surface area (Å²) < 4.78 is 5.89. The molecule has 2 heterocycles. The van der Waals surface area contributed by atoms with Crippen LogP contribution in [0.4, 0.5) is 0 Å². The van der Waals surface area contributed by atoms with E-state index in [-0.39, 0.29) is 5.92 Å². The second kappa shape index (κ2) is 7.56. The summed E-state index contributed by atoms with van der Waals surface area (Å²) in [7, 11) is 0. The van der Waals surface area contributed by atoms with Gasteiger partial charge in [0, 0.05) is 18.0 Å². The molecule has 1 aliphatic heterocycles. The van der Waals surface area contributed by atoms with Crippen LogP contribution in [0.25, 0.3) is 0 Å². The van der Waals surface area contributed by atoms with Crippen LogP contribution in [0.2, 0.25) is 0 Å². The smallest absolute Gasteiger partial charge is 0.115 e. The normalized spacial score (nSPS) is 28.5.